The zero-order valence-electron chi connectivity index (χ0n) is 18.2. The number of aromatic nitrogens is 1. The first-order valence-corrected chi connectivity index (χ1v) is 11.1. The summed E-state index contributed by atoms with van der Waals surface area (Å²) < 4.78 is 11.4. The van der Waals surface area contributed by atoms with E-state index in [1.807, 2.05) is 36.4 Å². The minimum atomic E-state index is -0.446. The topological polar surface area (TPSA) is 98.3 Å². The van der Waals surface area contributed by atoms with Crippen molar-refractivity contribution in [2.24, 2.45) is 0 Å². The molecule has 168 valence electrons. The van der Waals surface area contributed by atoms with E-state index in [0.717, 1.165) is 11.1 Å². The third-order valence-electron chi connectivity index (χ3n) is 4.94. The second kappa shape index (κ2) is 10.4. The van der Waals surface area contributed by atoms with Crippen LogP contribution in [0.25, 0.3) is 22.9 Å². The second-order valence-electron chi connectivity index (χ2n) is 7.20. The van der Waals surface area contributed by atoms with Crippen LogP contribution >= 0.6 is 11.3 Å². The fourth-order valence-electron chi connectivity index (χ4n) is 3.25. The van der Waals surface area contributed by atoms with Crippen LogP contribution < -0.4 is 9.47 Å². The molecule has 0 N–H and O–H groups in total. The largest absolute Gasteiger partial charge is 0.493 e. The van der Waals surface area contributed by atoms with Crippen LogP contribution in [0, 0.1) is 21.4 Å². The van der Waals surface area contributed by atoms with Crippen LogP contribution in [0.4, 0.5) is 5.69 Å². The molecule has 1 heterocycles. The average molecular weight is 470 g/mol. The molecule has 0 fully saturated rings. The van der Waals surface area contributed by atoms with E-state index in [1.165, 1.54) is 23.5 Å². The number of hydrogen-bond acceptors (Lipinski definition) is 7. The van der Waals surface area contributed by atoms with Crippen LogP contribution in [0.5, 0.6) is 11.5 Å². The van der Waals surface area contributed by atoms with Crippen molar-refractivity contribution in [1.82, 2.24) is 4.98 Å². The minimum absolute atomic E-state index is 0.00948. The van der Waals surface area contributed by atoms with Gasteiger partial charge in [0, 0.05) is 23.1 Å². The highest BCUT2D eigenvalue weighted by Crippen LogP contribution is 2.32. The lowest BCUT2D eigenvalue weighted by Crippen LogP contribution is -1.97. The van der Waals surface area contributed by atoms with Gasteiger partial charge in [-0.05, 0) is 29.3 Å². The van der Waals surface area contributed by atoms with Gasteiger partial charge in [0.15, 0.2) is 11.5 Å². The van der Waals surface area contributed by atoms with E-state index < -0.39 is 4.92 Å². The first kappa shape index (κ1) is 22.7. The predicted octanol–water partition coefficient (Wildman–Crippen LogP) is 6.37. The van der Waals surface area contributed by atoms with Gasteiger partial charge >= 0.3 is 0 Å². The van der Waals surface area contributed by atoms with Crippen molar-refractivity contribution in [3.05, 3.63) is 104 Å². The average Bonchev–Trinajstić information content (AvgIpc) is 3.37. The van der Waals surface area contributed by atoms with E-state index in [0.29, 0.717) is 39.9 Å². The van der Waals surface area contributed by atoms with Gasteiger partial charge in [0.2, 0.25) is 0 Å². The predicted molar refractivity (Wildman–Crippen MR) is 131 cm³/mol. The molecule has 1 aromatic heterocycles. The standard InChI is InChI=1S/C26H19N3O4S/c1-32-25-13-19(10-11-24(25)33-16-18-6-3-2-4-7-18)12-21(15-27)26-28-23(17-34-26)20-8-5-9-22(14-20)29(30)31/h2-14,17H,16H2,1H3/b21-12-. The monoisotopic (exact) mass is 469 g/mol. The Bertz CT molecular complexity index is 1390. The van der Waals surface area contributed by atoms with Gasteiger partial charge in [-0.25, -0.2) is 4.98 Å². The van der Waals surface area contributed by atoms with Crippen molar-refractivity contribution in [2.75, 3.05) is 7.11 Å². The van der Waals surface area contributed by atoms with Crippen molar-refractivity contribution in [3.63, 3.8) is 0 Å². The Kier molecular flexibility index (Phi) is 6.96. The van der Waals surface area contributed by atoms with E-state index in [4.69, 9.17) is 9.47 Å². The molecule has 0 saturated carbocycles. The Morgan fingerprint density at radius 2 is 1.94 bits per heavy atom. The molecule has 0 saturated heterocycles. The van der Waals surface area contributed by atoms with Crippen LogP contribution in [0.15, 0.2) is 78.2 Å². The van der Waals surface area contributed by atoms with Gasteiger partial charge in [0.1, 0.15) is 17.7 Å². The number of nitriles is 1. The summed E-state index contributed by atoms with van der Waals surface area (Å²) in [6.07, 6.45) is 1.72. The van der Waals surface area contributed by atoms with Gasteiger partial charge in [-0.2, -0.15) is 5.26 Å². The number of allylic oxidation sites excluding steroid dienone is 1. The third kappa shape index (κ3) is 5.28. The molecule has 0 aliphatic carbocycles. The van der Waals surface area contributed by atoms with Crippen molar-refractivity contribution >= 4 is 28.7 Å². The van der Waals surface area contributed by atoms with Gasteiger partial charge in [-0.15, -0.1) is 11.3 Å². The second-order valence-corrected chi connectivity index (χ2v) is 8.06. The quantitative estimate of drug-likeness (QED) is 0.169. The van der Waals surface area contributed by atoms with Crippen molar-refractivity contribution in [1.29, 1.82) is 5.26 Å². The number of hydrogen-bond donors (Lipinski definition) is 0. The number of ether oxygens (including phenoxy) is 2. The Hall–Kier alpha value is -4.48. The van der Waals surface area contributed by atoms with Gasteiger partial charge in [-0.1, -0.05) is 48.5 Å². The van der Waals surface area contributed by atoms with Gasteiger partial charge in [0.25, 0.3) is 5.69 Å². The molecule has 0 unspecified atom stereocenters. The lowest BCUT2D eigenvalue weighted by atomic mass is 10.1. The van der Waals surface area contributed by atoms with Gasteiger partial charge in [-0.3, -0.25) is 10.1 Å². The molecule has 0 aliphatic rings. The van der Waals surface area contributed by atoms with Crippen LogP contribution in [-0.4, -0.2) is 17.0 Å². The zero-order chi connectivity index (χ0) is 23.9. The number of nitrogens with zero attached hydrogens (tertiary/aromatic N) is 3. The fraction of sp³-hybridized carbons (Fsp3) is 0.0769. The van der Waals surface area contributed by atoms with Crippen molar-refractivity contribution in [2.45, 2.75) is 6.61 Å². The summed E-state index contributed by atoms with van der Waals surface area (Å²) in [5.74, 6) is 1.16. The lowest BCUT2D eigenvalue weighted by molar-refractivity contribution is -0.384. The van der Waals surface area contributed by atoms with Crippen molar-refractivity contribution in [3.8, 4) is 28.8 Å². The summed E-state index contributed by atoms with van der Waals surface area (Å²) in [5, 5.41) is 23.1. The Morgan fingerprint density at radius 1 is 1.12 bits per heavy atom. The highest BCUT2D eigenvalue weighted by Gasteiger charge is 2.13. The van der Waals surface area contributed by atoms with Crippen LogP contribution in [0.1, 0.15) is 16.1 Å². The highest BCUT2D eigenvalue weighted by atomic mass is 32.1. The molecule has 8 heteroatoms. The number of nitro groups is 1. The molecule has 3 aromatic carbocycles. The maximum Gasteiger partial charge on any atom is 0.270 e. The summed E-state index contributed by atoms with van der Waals surface area (Å²) in [6.45, 7) is 0.412. The molecule has 0 spiro atoms. The van der Waals surface area contributed by atoms with Crippen LogP contribution in [0.2, 0.25) is 0 Å². The van der Waals surface area contributed by atoms with E-state index >= 15 is 0 Å². The number of thiazole rings is 1. The Labute approximate surface area is 200 Å². The smallest absolute Gasteiger partial charge is 0.270 e. The lowest BCUT2D eigenvalue weighted by Gasteiger charge is -2.11. The number of methoxy groups -OCH3 is 1. The molecular formula is C26H19N3O4S. The van der Waals surface area contributed by atoms with E-state index in [9.17, 15) is 15.4 Å². The normalized spacial score (nSPS) is 11.0. The summed E-state index contributed by atoms with van der Waals surface area (Å²) >= 11 is 1.30. The molecular weight excluding hydrogens is 450 g/mol. The summed E-state index contributed by atoms with van der Waals surface area (Å²) in [6, 6.07) is 23.7. The molecule has 4 rings (SSSR count). The molecule has 4 aromatic rings. The molecule has 0 atom stereocenters. The SMILES string of the molecule is COc1cc(/C=C(/C#N)c2nc(-c3cccc([N+](=O)[O-])c3)cs2)ccc1OCc1ccccc1. The Morgan fingerprint density at radius 3 is 2.68 bits per heavy atom. The molecule has 34 heavy (non-hydrogen) atoms. The van der Waals surface area contributed by atoms with E-state index in [-0.39, 0.29) is 5.69 Å². The van der Waals surface area contributed by atoms with Crippen molar-refractivity contribution < 1.29 is 14.4 Å². The van der Waals surface area contributed by atoms with E-state index in [2.05, 4.69) is 11.1 Å². The molecule has 0 amide bonds. The number of rotatable bonds is 8. The molecule has 7 nitrogen and oxygen atoms in total. The molecule has 0 radical (unpaired) electrons. The number of benzene rings is 3. The first-order chi connectivity index (χ1) is 16.6. The summed E-state index contributed by atoms with van der Waals surface area (Å²) in [7, 11) is 1.57. The Balaban J connectivity index is 1.56. The minimum Gasteiger partial charge on any atom is -0.493 e. The fourth-order valence-corrected chi connectivity index (χ4v) is 4.04. The van der Waals surface area contributed by atoms with E-state index in [1.54, 1.807) is 42.8 Å². The molecule has 0 aliphatic heterocycles. The molecule has 0 bridgehead atoms. The first-order valence-electron chi connectivity index (χ1n) is 10.2. The van der Waals surface area contributed by atoms with Gasteiger partial charge < -0.3 is 9.47 Å². The maximum atomic E-state index is 11.1. The third-order valence-corrected chi connectivity index (χ3v) is 5.82. The number of nitro benzene ring substituents is 1. The maximum absolute atomic E-state index is 11.1. The summed E-state index contributed by atoms with van der Waals surface area (Å²) in [5.41, 5.74) is 3.37. The zero-order valence-corrected chi connectivity index (χ0v) is 19.0. The van der Waals surface area contributed by atoms with Gasteiger partial charge in [0.05, 0.1) is 23.3 Å². The summed E-state index contributed by atoms with van der Waals surface area (Å²) in [4.78, 5) is 15.1. The highest BCUT2D eigenvalue weighted by molar-refractivity contribution is 7.11. The van der Waals surface area contributed by atoms with Crippen LogP contribution in [-0.2, 0) is 6.61 Å². The van der Waals surface area contributed by atoms with Crippen LogP contribution in [0.3, 0.4) is 0 Å². The number of non-ortho nitro benzene ring substituents is 1.